The van der Waals surface area contributed by atoms with E-state index in [0.29, 0.717) is 17.0 Å². The second-order valence-corrected chi connectivity index (χ2v) is 5.76. The summed E-state index contributed by atoms with van der Waals surface area (Å²) >= 11 is 1.24. The number of hydrogen-bond donors (Lipinski definition) is 2. The van der Waals surface area contributed by atoms with E-state index in [0.717, 1.165) is 5.56 Å². The van der Waals surface area contributed by atoms with E-state index in [1.165, 1.54) is 23.5 Å². The van der Waals surface area contributed by atoms with Gasteiger partial charge >= 0.3 is 0 Å². The van der Waals surface area contributed by atoms with Crippen molar-refractivity contribution in [2.24, 2.45) is 11.7 Å². The van der Waals surface area contributed by atoms with Crippen molar-refractivity contribution in [3.05, 3.63) is 51.7 Å². The van der Waals surface area contributed by atoms with Crippen LogP contribution in [-0.2, 0) is 11.2 Å². The van der Waals surface area contributed by atoms with E-state index in [9.17, 15) is 14.0 Å². The normalized spacial score (nSPS) is 11.9. The van der Waals surface area contributed by atoms with Crippen LogP contribution in [0.5, 0.6) is 0 Å². The molecule has 5 nitrogen and oxygen atoms in total. The van der Waals surface area contributed by atoms with E-state index in [1.54, 1.807) is 24.6 Å². The molecule has 2 rings (SSSR count). The van der Waals surface area contributed by atoms with Crippen LogP contribution < -0.4 is 11.1 Å². The van der Waals surface area contributed by atoms with Crippen LogP contribution in [0.2, 0.25) is 0 Å². The van der Waals surface area contributed by atoms with Crippen LogP contribution in [0.25, 0.3) is 0 Å². The number of halogens is 1. The third kappa shape index (κ3) is 4.11. The van der Waals surface area contributed by atoms with Crippen LogP contribution >= 0.6 is 11.3 Å². The molecule has 0 aliphatic heterocycles. The molecular formula is C15H16FN3O2S. The number of nitrogens with two attached hydrogens (primary N) is 1. The number of carbonyl (C=O) groups is 2. The number of nitrogens with zero attached hydrogens (tertiary/aromatic N) is 1. The quantitative estimate of drug-likeness (QED) is 0.848. The molecule has 0 saturated heterocycles. The molecule has 2 aromatic rings. The van der Waals surface area contributed by atoms with E-state index < -0.39 is 11.8 Å². The Labute approximate surface area is 131 Å². The molecule has 0 saturated carbocycles. The summed E-state index contributed by atoms with van der Waals surface area (Å²) in [4.78, 5) is 28.1. The first-order valence-electron chi connectivity index (χ1n) is 6.69. The van der Waals surface area contributed by atoms with Gasteiger partial charge in [0.05, 0.1) is 17.1 Å². The van der Waals surface area contributed by atoms with Crippen molar-refractivity contribution in [1.82, 2.24) is 10.3 Å². The van der Waals surface area contributed by atoms with Crippen LogP contribution in [0.4, 0.5) is 4.39 Å². The highest BCUT2D eigenvalue weighted by Crippen LogP contribution is 2.13. The molecule has 1 atom stereocenters. The van der Waals surface area contributed by atoms with Crippen molar-refractivity contribution in [2.45, 2.75) is 13.3 Å². The van der Waals surface area contributed by atoms with Gasteiger partial charge in [0.25, 0.3) is 5.91 Å². The highest BCUT2D eigenvalue weighted by Gasteiger charge is 2.19. The summed E-state index contributed by atoms with van der Waals surface area (Å²) in [5.74, 6) is -1.67. The zero-order valence-electron chi connectivity index (χ0n) is 12.0. The standard InChI is InChI=1S/C15H16FN3O2S/c1-9-13(22-8-19-9)15(21)18-7-11(14(17)20)6-10-2-4-12(16)5-3-10/h2-5,8,11H,6-7H2,1H3,(H2,17,20)(H,18,21)/t11-/m1/s1. The number of benzene rings is 1. The lowest BCUT2D eigenvalue weighted by Crippen LogP contribution is -2.37. The number of nitrogens with one attached hydrogen (secondary N) is 1. The number of thiazole rings is 1. The molecule has 2 amide bonds. The number of hydrogen-bond acceptors (Lipinski definition) is 4. The van der Waals surface area contributed by atoms with Gasteiger partial charge in [-0.2, -0.15) is 0 Å². The lowest BCUT2D eigenvalue weighted by molar-refractivity contribution is -0.121. The summed E-state index contributed by atoms with van der Waals surface area (Å²) < 4.78 is 12.9. The van der Waals surface area contributed by atoms with Gasteiger partial charge in [-0.3, -0.25) is 9.59 Å². The van der Waals surface area contributed by atoms with Gasteiger partial charge < -0.3 is 11.1 Å². The van der Waals surface area contributed by atoms with E-state index in [1.807, 2.05) is 0 Å². The van der Waals surface area contributed by atoms with Gasteiger partial charge in [0.2, 0.25) is 5.91 Å². The van der Waals surface area contributed by atoms with Gasteiger partial charge in [-0.25, -0.2) is 9.37 Å². The van der Waals surface area contributed by atoms with Crippen molar-refractivity contribution in [3.63, 3.8) is 0 Å². The van der Waals surface area contributed by atoms with Crippen molar-refractivity contribution < 1.29 is 14.0 Å². The highest BCUT2D eigenvalue weighted by atomic mass is 32.1. The van der Waals surface area contributed by atoms with Crippen LogP contribution in [0, 0.1) is 18.7 Å². The van der Waals surface area contributed by atoms with Crippen LogP contribution in [0.15, 0.2) is 29.8 Å². The molecule has 1 aromatic carbocycles. The van der Waals surface area contributed by atoms with Gasteiger partial charge in [-0.05, 0) is 31.0 Å². The van der Waals surface area contributed by atoms with Crippen LogP contribution in [0.3, 0.4) is 0 Å². The van der Waals surface area contributed by atoms with E-state index in [4.69, 9.17) is 5.73 Å². The summed E-state index contributed by atoms with van der Waals surface area (Å²) in [6, 6.07) is 5.85. The van der Waals surface area contributed by atoms with Crippen molar-refractivity contribution >= 4 is 23.2 Å². The minimum absolute atomic E-state index is 0.128. The molecule has 0 aliphatic rings. The Morgan fingerprint density at radius 2 is 2.05 bits per heavy atom. The largest absolute Gasteiger partial charge is 0.369 e. The topological polar surface area (TPSA) is 85.1 Å². The maximum atomic E-state index is 12.9. The summed E-state index contributed by atoms with van der Waals surface area (Å²) in [6.07, 6.45) is 0.345. The summed E-state index contributed by atoms with van der Waals surface area (Å²) in [6.45, 7) is 1.87. The third-order valence-corrected chi connectivity index (χ3v) is 4.19. The molecule has 3 N–H and O–H groups in total. The molecule has 0 aliphatic carbocycles. The van der Waals surface area contributed by atoms with E-state index >= 15 is 0 Å². The number of carbonyl (C=O) groups excluding carboxylic acids is 2. The second-order valence-electron chi connectivity index (χ2n) is 4.91. The van der Waals surface area contributed by atoms with Crippen LogP contribution in [0.1, 0.15) is 20.9 Å². The second kappa shape index (κ2) is 7.13. The van der Waals surface area contributed by atoms with Gasteiger partial charge in [-0.1, -0.05) is 12.1 Å². The van der Waals surface area contributed by atoms with Crippen molar-refractivity contribution in [3.8, 4) is 0 Å². The molecule has 0 unspecified atom stereocenters. The van der Waals surface area contributed by atoms with Gasteiger partial charge in [0, 0.05) is 6.54 Å². The maximum absolute atomic E-state index is 12.9. The molecule has 0 fully saturated rings. The fraction of sp³-hybridized carbons (Fsp3) is 0.267. The van der Waals surface area contributed by atoms with Gasteiger partial charge in [-0.15, -0.1) is 11.3 Å². The molecule has 116 valence electrons. The zero-order chi connectivity index (χ0) is 16.1. The fourth-order valence-electron chi connectivity index (χ4n) is 1.99. The molecule has 7 heteroatoms. The Morgan fingerprint density at radius 3 is 2.59 bits per heavy atom. The molecule has 0 radical (unpaired) electrons. The molecule has 0 bridgehead atoms. The first-order chi connectivity index (χ1) is 10.5. The summed E-state index contributed by atoms with van der Waals surface area (Å²) in [5, 5.41) is 2.70. The Bertz CT molecular complexity index is 670. The Hall–Kier alpha value is -2.28. The van der Waals surface area contributed by atoms with E-state index in [-0.39, 0.29) is 18.3 Å². The molecule has 1 heterocycles. The highest BCUT2D eigenvalue weighted by molar-refractivity contribution is 7.11. The fourth-order valence-corrected chi connectivity index (χ4v) is 2.71. The summed E-state index contributed by atoms with van der Waals surface area (Å²) in [5.41, 5.74) is 8.40. The van der Waals surface area contributed by atoms with E-state index in [2.05, 4.69) is 10.3 Å². The lowest BCUT2D eigenvalue weighted by atomic mass is 9.98. The number of primary amides is 1. The third-order valence-electron chi connectivity index (χ3n) is 3.26. The molecule has 1 aromatic heterocycles. The van der Waals surface area contributed by atoms with Gasteiger partial charge in [0.15, 0.2) is 0 Å². The minimum atomic E-state index is -0.553. The molecule has 0 spiro atoms. The maximum Gasteiger partial charge on any atom is 0.263 e. The Balaban J connectivity index is 1.97. The minimum Gasteiger partial charge on any atom is -0.369 e. The average Bonchev–Trinajstić information content (AvgIpc) is 2.91. The monoisotopic (exact) mass is 321 g/mol. The Morgan fingerprint density at radius 1 is 1.36 bits per heavy atom. The molecular weight excluding hydrogens is 305 g/mol. The zero-order valence-corrected chi connectivity index (χ0v) is 12.8. The number of amides is 2. The van der Waals surface area contributed by atoms with Crippen molar-refractivity contribution in [1.29, 1.82) is 0 Å². The van der Waals surface area contributed by atoms with Gasteiger partial charge in [0.1, 0.15) is 10.7 Å². The Kier molecular flexibility index (Phi) is 5.21. The number of rotatable bonds is 6. The van der Waals surface area contributed by atoms with Crippen molar-refractivity contribution in [2.75, 3.05) is 6.54 Å². The van der Waals surface area contributed by atoms with Crippen LogP contribution in [-0.4, -0.2) is 23.3 Å². The predicted octanol–water partition coefficient (Wildman–Crippen LogP) is 1.66. The first-order valence-corrected chi connectivity index (χ1v) is 7.57. The average molecular weight is 321 g/mol. The smallest absolute Gasteiger partial charge is 0.263 e. The SMILES string of the molecule is Cc1ncsc1C(=O)NC[C@@H](Cc1ccc(F)cc1)C(N)=O. The predicted molar refractivity (Wildman–Crippen MR) is 82.0 cm³/mol. The number of aromatic nitrogens is 1. The molecule has 22 heavy (non-hydrogen) atoms. The number of aryl methyl sites for hydroxylation is 1. The summed E-state index contributed by atoms with van der Waals surface area (Å²) in [7, 11) is 0. The first kappa shape index (κ1) is 16.1. The lowest BCUT2D eigenvalue weighted by Gasteiger charge is -2.14.